The average Bonchev–Trinajstić information content (AvgIpc) is 3.24. The fourth-order valence-electron chi connectivity index (χ4n) is 4.83. The Balaban J connectivity index is 1.44. The number of nitrogens with one attached hydrogen (secondary N) is 1. The lowest BCUT2D eigenvalue weighted by atomic mass is 9.77. The van der Waals surface area contributed by atoms with Gasteiger partial charge < -0.3 is 10.1 Å². The lowest BCUT2D eigenvalue weighted by Crippen LogP contribution is -2.40. The first-order chi connectivity index (χ1) is 14.0. The van der Waals surface area contributed by atoms with Gasteiger partial charge in [-0.25, -0.2) is 8.42 Å². The molecule has 152 valence electrons. The van der Waals surface area contributed by atoms with E-state index in [1.165, 1.54) is 21.1 Å². The Morgan fingerprint density at radius 1 is 1.07 bits per heavy atom. The van der Waals surface area contributed by atoms with Crippen LogP contribution in [0.2, 0.25) is 0 Å². The van der Waals surface area contributed by atoms with Crippen molar-refractivity contribution in [2.45, 2.75) is 30.2 Å². The third-order valence-electron chi connectivity index (χ3n) is 6.37. The van der Waals surface area contributed by atoms with E-state index in [1.54, 1.807) is 12.1 Å². The minimum atomic E-state index is -3.46. The lowest BCUT2D eigenvalue weighted by Gasteiger charge is -2.37. The van der Waals surface area contributed by atoms with Crippen molar-refractivity contribution in [2.24, 2.45) is 5.92 Å². The molecule has 2 aromatic carbocycles. The molecule has 2 aliphatic heterocycles. The zero-order valence-electron chi connectivity index (χ0n) is 16.5. The normalized spacial score (nSPS) is 26.6. The number of sulfonamides is 1. The van der Waals surface area contributed by atoms with Gasteiger partial charge in [-0.15, -0.1) is 0 Å². The summed E-state index contributed by atoms with van der Waals surface area (Å²) < 4.78 is 32.6. The van der Waals surface area contributed by atoms with Gasteiger partial charge in [0.1, 0.15) is 0 Å². The second-order valence-electron chi connectivity index (χ2n) is 8.15. The molecule has 3 atom stereocenters. The Kier molecular flexibility index (Phi) is 4.73. The number of allylic oxidation sites excluding steroid dienone is 2. The molecule has 0 amide bonds. The molecular formula is C23H26N2O3S. The van der Waals surface area contributed by atoms with E-state index in [1.807, 2.05) is 12.1 Å². The predicted molar refractivity (Wildman–Crippen MR) is 114 cm³/mol. The van der Waals surface area contributed by atoms with Gasteiger partial charge in [-0.2, -0.15) is 4.31 Å². The Hall–Kier alpha value is -2.15. The third-order valence-corrected chi connectivity index (χ3v) is 8.28. The molecule has 2 heterocycles. The van der Waals surface area contributed by atoms with Gasteiger partial charge in [0.25, 0.3) is 0 Å². The monoisotopic (exact) mass is 410 g/mol. The number of hydrogen-bond donors (Lipinski definition) is 1. The zero-order valence-corrected chi connectivity index (χ0v) is 17.4. The van der Waals surface area contributed by atoms with Crippen LogP contribution in [0.25, 0.3) is 0 Å². The van der Waals surface area contributed by atoms with Crippen LogP contribution in [0.15, 0.2) is 59.5 Å². The van der Waals surface area contributed by atoms with Crippen molar-refractivity contribution < 1.29 is 13.2 Å². The summed E-state index contributed by atoms with van der Waals surface area (Å²) in [5, 5.41) is 3.72. The number of morpholine rings is 1. The van der Waals surface area contributed by atoms with Crippen LogP contribution in [0.3, 0.4) is 0 Å². The summed E-state index contributed by atoms with van der Waals surface area (Å²) in [5.41, 5.74) is 4.96. The highest BCUT2D eigenvalue weighted by Gasteiger charge is 2.38. The van der Waals surface area contributed by atoms with E-state index in [2.05, 4.69) is 42.6 Å². The molecule has 1 fully saturated rings. The minimum Gasteiger partial charge on any atom is -0.379 e. The van der Waals surface area contributed by atoms with Gasteiger partial charge in [0.15, 0.2) is 0 Å². The van der Waals surface area contributed by atoms with E-state index in [0.717, 1.165) is 12.0 Å². The SMILES string of the molecule is Cc1ccc2c(c1)C1C=CCC1C(c1ccc(S(=O)(=O)N3CCOCC3)cc1)N2. The van der Waals surface area contributed by atoms with Gasteiger partial charge in [0.05, 0.1) is 24.2 Å². The maximum atomic E-state index is 12.9. The summed E-state index contributed by atoms with van der Waals surface area (Å²) in [5.74, 6) is 0.860. The molecule has 1 aliphatic carbocycles. The number of aryl methyl sites for hydroxylation is 1. The van der Waals surface area contributed by atoms with Gasteiger partial charge in [-0.05, 0) is 48.6 Å². The van der Waals surface area contributed by atoms with Crippen molar-refractivity contribution in [3.63, 3.8) is 0 Å². The Morgan fingerprint density at radius 2 is 1.83 bits per heavy atom. The number of fused-ring (bicyclic) bond motifs is 3. The number of rotatable bonds is 3. The van der Waals surface area contributed by atoms with Crippen molar-refractivity contribution in [2.75, 3.05) is 31.6 Å². The summed E-state index contributed by atoms with van der Waals surface area (Å²) in [6, 6.07) is 14.2. The molecular weight excluding hydrogens is 384 g/mol. The van der Waals surface area contributed by atoms with Crippen molar-refractivity contribution in [3.8, 4) is 0 Å². The van der Waals surface area contributed by atoms with Crippen LogP contribution >= 0.6 is 0 Å². The zero-order chi connectivity index (χ0) is 20.0. The van der Waals surface area contributed by atoms with Gasteiger partial charge in [-0.1, -0.05) is 42.0 Å². The molecule has 5 rings (SSSR count). The number of nitrogens with zero attached hydrogens (tertiary/aromatic N) is 1. The molecule has 3 aliphatic rings. The molecule has 1 N–H and O–H groups in total. The fraction of sp³-hybridized carbons (Fsp3) is 0.391. The smallest absolute Gasteiger partial charge is 0.243 e. The van der Waals surface area contributed by atoms with Crippen molar-refractivity contribution >= 4 is 15.7 Å². The number of benzene rings is 2. The highest BCUT2D eigenvalue weighted by molar-refractivity contribution is 7.89. The topological polar surface area (TPSA) is 58.6 Å². The van der Waals surface area contributed by atoms with Crippen molar-refractivity contribution in [1.29, 1.82) is 0 Å². The molecule has 1 saturated heterocycles. The molecule has 0 radical (unpaired) electrons. The summed E-state index contributed by atoms with van der Waals surface area (Å²) >= 11 is 0. The second kappa shape index (κ2) is 7.27. The Bertz CT molecular complexity index is 1040. The molecule has 0 saturated carbocycles. The van der Waals surface area contributed by atoms with Crippen LogP contribution in [0.5, 0.6) is 0 Å². The molecule has 0 aromatic heterocycles. The minimum absolute atomic E-state index is 0.172. The van der Waals surface area contributed by atoms with E-state index in [0.29, 0.717) is 43.0 Å². The van der Waals surface area contributed by atoms with Crippen LogP contribution in [0.1, 0.15) is 35.1 Å². The van der Waals surface area contributed by atoms with Crippen LogP contribution < -0.4 is 5.32 Å². The maximum Gasteiger partial charge on any atom is 0.243 e. The largest absolute Gasteiger partial charge is 0.379 e. The predicted octanol–water partition coefficient (Wildman–Crippen LogP) is 3.84. The first kappa shape index (κ1) is 18.9. The molecule has 0 bridgehead atoms. The van der Waals surface area contributed by atoms with Crippen LogP contribution in [0.4, 0.5) is 5.69 Å². The van der Waals surface area contributed by atoms with Crippen LogP contribution in [0, 0.1) is 12.8 Å². The van der Waals surface area contributed by atoms with Gasteiger partial charge in [0, 0.05) is 24.7 Å². The van der Waals surface area contributed by atoms with Gasteiger partial charge in [0.2, 0.25) is 10.0 Å². The van der Waals surface area contributed by atoms with E-state index in [9.17, 15) is 8.42 Å². The second-order valence-corrected chi connectivity index (χ2v) is 10.1. The first-order valence-electron chi connectivity index (χ1n) is 10.3. The van der Waals surface area contributed by atoms with Gasteiger partial charge in [-0.3, -0.25) is 0 Å². The summed E-state index contributed by atoms with van der Waals surface area (Å²) in [6.45, 7) is 3.88. The lowest BCUT2D eigenvalue weighted by molar-refractivity contribution is 0.0730. The van der Waals surface area contributed by atoms with Crippen LogP contribution in [-0.2, 0) is 14.8 Å². The van der Waals surface area contributed by atoms with E-state index >= 15 is 0 Å². The van der Waals surface area contributed by atoms with Crippen molar-refractivity contribution in [3.05, 3.63) is 71.3 Å². The summed E-state index contributed by atoms with van der Waals surface area (Å²) in [4.78, 5) is 0.357. The summed E-state index contributed by atoms with van der Waals surface area (Å²) in [6.07, 6.45) is 5.64. The highest BCUT2D eigenvalue weighted by atomic mass is 32.2. The standard InChI is InChI=1S/C23H26N2O3S/c1-16-5-10-22-21(15-16)19-3-2-4-20(19)23(24-22)17-6-8-18(9-7-17)29(26,27)25-11-13-28-14-12-25/h2-3,5-10,15,19-20,23-24H,4,11-14H2,1H3. The molecule has 3 unspecified atom stereocenters. The molecule has 2 aromatic rings. The average molecular weight is 411 g/mol. The van der Waals surface area contributed by atoms with E-state index < -0.39 is 10.0 Å². The molecule has 6 heteroatoms. The molecule has 29 heavy (non-hydrogen) atoms. The Morgan fingerprint density at radius 3 is 2.59 bits per heavy atom. The molecule has 0 spiro atoms. The van der Waals surface area contributed by atoms with Crippen LogP contribution in [-0.4, -0.2) is 39.0 Å². The van der Waals surface area contributed by atoms with E-state index in [4.69, 9.17) is 4.74 Å². The maximum absolute atomic E-state index is 12.9. The van der Waals surface area contributed by atoms with E-state index in [-0.39, 0.29) is 6.04 Å². The summed E-state index contributed by atoms with van der Waals surface area (Å²) in [7, 11) is -3.46. The quantitative estimate of drug-likeness (QED) is 0.781. The molecule has 5 nitrogen and oxygen atoms in total. The first-order valence-corrected chi connectivity index (χ1v) is 11.7. The number of ether oxygens (including phenoxy) is 1. The fourth-order valence-corrected chi connectivity index (χ4v) is 6.23. The Labute approximate surface area is 172 Å². The third kappa shape index (κ3) is 3.29. The number of hydrogen-bond acceptors (Lipinski definition) is 4. The van der Waals surface area contributed by atoms with Crippen molar-refractivity contribution in [1.82, 2.24) is 4.31 Å². The van der Waals surface area contributed by atoms with Gasteiger partial charge >= 0.3 is 0 Å². The number of anilines is 1. The highest BCUT2D eigenvalue weighted by Crippen LogP contribution is 2.49.